The summed E-state index contributed by atoms with van der Waals surface area (Å²) in [5.74, 6) is -0.378. The van der Waals surface area contributed by atoms with Crippen LogP contribution in [0.25, 0.3) is 0 Å². The van der Waals surface area contributed by atoms with E-state index in [2.05, 4.69) is 31.9 Å². The lowest BCUT2D eigenvalue weighted by Crippen LogP contribution is -2.48. The van der Waals surface area contributed by atoms with Crippen molar-refractivity contribution < 1.29 is 24.0 Å². The largest absolute Gasteiger partial charge is 0.381 e. The second-order valence-corrected chi connectivity index (χ2v) is 10.9. The van der Waals surface area contributed by atoms with Crippen LogP contribution in [0, 0.1) is 10.1 Å². The average molecular weight is 568 g/mol. The fraction of sp³-hybridized carbons (Fsp3) is 0.667. The third kappa shape index (κ3) is 6.16. The zero-order valence-electron chi connectivity index (χ0n) is 20.8. The minimum atomic E-state index is -0.493. The lowest BCUT2D eigenvalue weighted by molar-refractivity contribution is -0.384. The van der Waals surface area contributed by atoms with E-state index in [4.69, 9.17) is 9.47 Å². The van der Waals surface area contributed by atoms with Crippen molar-refractivity contribution in [2.24, 2.45) is 0 Å². The van der Waals surface area contributed by atoms with E-state index in [1.807, 2.05) is 13.8 Å². The van der Waals surface area contributed by atoms with E-state index in [0.717, 1.165) is 19.3 Å². The van der Waals surface area contributed by atoms with Crippen LogP contribution in [-0.4, -0.2) is 84.8 Å². The van der Waals surface area contributed by atoms with Crippen LogP contribution in [0.4, 0.5) is 11.4 Å². The highest BCUT2D eigenvalue weighted by Gasteiger charge is 2.36. The van der Waals surface area contributed by atoms with E-state index in [9.17, 15) is 19.7 Å². The van der Waals surface area contributed by atoms with Crippen molar-refractivity contribution in [2.75, 3.05) is 32.1 Å². The maximum atomic E-state index is 13.5. The Bertz CT molecular complexity index is 999. The second kappa shape index (κ2) is 11.4. The standard InChI is InChI=1S/C24H34BrN5O6/c1-13-11-29(12-14(2)36-13)24(32)19-6-15(25)7-21(30(33)34)22(19)27-17-9-20(26-10-17)23(31)28-16-4-5-18(8-16)35-3/h6-7,13-14,16-18,20,26-27H,4-5,8-12H2,1-3H3,(H,28,31)/t13-,14+,16-,17+,18+,20-/m0/s1. The lowest BCUT2D eigenvalue weighted by atomic mass is 10.1. The molecule has 1 aromatic carbocycles. The average Bonchev–Trinajstić information content (AvgIpc) is 3.48. The van der Waals surface area contributed by atoms with Crippen LogP contribution in [0.1, 0.15) is 49.9 Å². The Hall–Kier alpha value is -2.28. The fourth-order valence-corrected chi connectivity index (χ4v) is 5.85. The molecule has 11 nitrogen and oxygen atoms in total. The van der Waals surface area contributed by atoms with Crippen molar-refractivity contribution in [1.82, 2.24) is 15.5 Å². The van der Waals surface area contributed by atoms with Gasteiger partial charge in [-0.2, -0.15) is 0 Å². The molecule has 36 heavy (non-hydrogen) atoms. The van der Waals surface area contributed by atoms with Crippen LogP contribution in [0.3, 0.4) is 0 Å². The van der Waals surface area contributed by atoms with Gasteiger partial charge in [0.1, 0.15) is 5.69 Å². The molecule has 12 heteroatoms. The number of amides is 2. The van der Waals surface area contributed by atoms with Crippen LogP contribution < -0.4 is 16.0 Å². The van der Waals surface area contributed by atoms with Gasteiger partial charge in [-0.25, -0.2) is 0 Å². The Kier molecular flexibility index (Phi) is 8.48. The van der Waals surface area contributed by atoms with E-state index in [0.29, 0.717) is 30.5 Å². The first-order chi connectivity index (χ1) is 17.1. The molecule has 6 atom stereocenters. The van der Waals surface area contributed by atoms with E-state index in [1.54, 1.807) is 18.1 Å². The number of nitrogens with one attached hydrogen (secondary N) is 3. The number of nitro benzene ring substituents is 1. The first-order valence-corrected chi connectivity index (χ1v) is 13.2. The number of ether oxygens (including phenoxy) is 2. The SMILES string of the molecule is CO[C@@H]1CC[C@H](NC(=O)[C@@H]2C[C@@H](Nc3c(C(=O)N4C[C@@H](C)O[C@@H](C)C4)cc(Br)cc3[N+](=O)[O-])CN2)C1. The van der Waals surface area contributed by atoms with Gasteiger partial charge in [0.2, 0.25) is 5.91 Å². The molecule has 1 saturated carbocycles. The summed E-state index contributed by atoms with van der Waals surface area (Å²) >= 11 is 3.32. The van der Waals surface area contributed by atoms with Gasteiger partial charge >= 0.3 is 0 Å². The fourth-order valence-electron chi connectivity index (χ4n) is 5.41. The quantitative estimate of drug-likeness (QED) is 0.337. The predicted molar refractivity (Wildman–Crippen MR) is 137 cm³/mol. The summed E-state index contributed by atoms with van der Waals surface area (Å²) in [5.41, 5.74) is 0.208. The zero-order chi connectivity index (χ0) is 26.0. The molecule has 2 aliphatic heterocycles. The summed E-state index contributed by atoms with van der Waals surface area (Å²) in [7, 11) is 1.68. The monoisotopic (exact) mass is 567 g/mol. The summed E-state index contributed by atoms with van der Waals surface area (Å²) < 4.78 is 11.6. The van der Waals surface area contributed by atoms with Crippen LogP contribution in [-0.2, 0) is 14.3 Å². The molecule has 3 aliphatic rings. The molecule has 0 spiro atoms. The summed E-state index contributed by atoms with van der Waals surface area (Å²) in [6, 6.07) is 2.42. The Labute approximate surface area is 218 Å². The van der Waals surface area contributed by atoms with Crippen molar-refractivity contribution >= 4 is 39.1 Å². The van der Waals surface area contributed by atoms with Crippen LogP contribution in [0.5, 0.6) is 0 Å². The van der Waals surface area contributed by atoms with Crippen LogP contribution >= 0.6 is 15.9 Å². The van der Waals surface area contributed by atoms with Crippen LogP contribution in [0.2, 0.25) is 0 Å². The van der Waals surface area contributed by atoms with E-state index >= 15 is 0 Å². The summed E-state index contributed by atoms with van der Waals surface area (Å²) in [4.78, 5) is 39.5. The van der Waals surface area contributed by atoms with Crippen molar-refractivity contribution in [3.05, 3.63) is 32.3 Å². The van der Waals surface area contributed by atoms with Gasteiger partial charge < -0.3 is 30.3 Å². The number of hydrogen-bond acceptors (Lipinski definition) is 8. The Balaban J connectivity index is 1.49. The molecule has 2 amide bonds. The highest BCUT2D eigenvalue weighted by molar-refractivity contribution is 9.10. The first-order valence-electron chi connectivity index (χ1n) is 12.4. The molecular formula is C24H34BrN5O6. The Morgan fingerprint density at radius 3 is 2.56 bits per heavy atom. The molecule has 3 fully saturated rings. The summed E-state index contributed by atoms with van der Waals surface area (Å²) in [6.45, 7) is 5.04. The van der Waals surface area contributed by atoms with Gasteiger partial charge in [-0.15, -0.1) is 0 Å². The third-order valence-electron chi connectivity index (χ3n) is 7.08. The topological polar surface area (TPSA) is 135 Å². The molecule has 1 aromatic rings. The number of methoxy groups -OCH3 is 1. The van der Waals surface area contributed by atoms with Crippen molar-refractivity contribution in [3.8, 4) is 0 Å². The molecule has 0 bridgehead atoms. The molecule has 1 aliphatic carbocycles. The summed E-state index contributed by atoms with van der Waals surface area (Å²) in [5, 5.41) is 21.5. The number of nitrogens with zero attached hydrogens (tertiary/aromatic N) is 2. The molecule has 0 radical (unpaired) electrons. The maximum absolute atomic E-state index is 13.5. The molecular weight excluding hydrogens is 534 g/mol. The second-order valence-electron chi connectivity index (χ2n) is 9.99. The van der Waals surface area contributed by atoms with Gasteiger partial charge in [0.15, 0.2) is 0 Å². The number of rotatable bonds is 7. The van der Waals surface area contributed by atoms with Gasteiger partial charge in [0.05, 0.1) is 34.8 Å². The molecule has 2 heterocycles. The number of hydrogen-bond donors (Lipinski definition) is 3. The smallest absolute Gasteiger partial charge is 0.294 e. The van der Waals surface area contributed by atoms with E-state index in [-0.39, 0.29) is 59.1 Å². The Morgan fingerprint density at radius 2 is 1.92 bits per heavy atom. The third-order valence-corrected chi connectivity index (χ3v) is 7.53. The summed E-state index contributed by atoms with van der Waals surface area (Å²) in [6.07, 6.45) is 2.96. The van der Waals surface area contributed by atoms with E-state index < -0.39 is 11.0 Å². The molecule has 0 aromatic heterocycles. The van der Waals surface area contributed by atoms with Crippen LogP contribution in [0.15, 0.2) is 16.6 Å². The minimum absolute atomic E-state index is 0.0843. The number of anilines is 1. The van der Waals surface area contributed by atoms with Crippen molar-refractivity contribution in [1.29, 1.82) is 0 Å². The van der Waals surface area contributed by atoms with Crippen molar-refractivity contribution in [3.63, 3.8) is 0 Å². The highest BCUT2D eigenvalue weighted by Crippen LogP contribution is 2.35. The number of carbonyl (C=O) groups is 2. The number of benzene rings is 1. The molecule has 4 rings (SSSR count). The maximum Gasteiger partial charge on any atom is 0.294 e. The van der Waals surface area contributed by atoms with Gasteiger partial charge in [-0.1, -0.05) is 15.9 Å². The van der Waals surface area contributed by atoms with Gasteiger partial charge in [0.25, 0.3) is 11.6 Å². The lowest BCUT2D eigenvalue weighted by Gasteiger charge is -2.35. The normalized spacial score (nSPS) is 30.3. The van der Waals surface area contributed by atoms with Crippen molar-refractivity contribution in [2.45, 2.75) is 76.0 Å². The number of morpholine rings is 1. The highest BCUT2D eigenvalue weighted by atomic mass is 79.9. The predicted octanol–water partition coefficient (Wildman–Crippen LogP) is 2.43. The van der Waals surface area contributed by atoms with Gasteiger partial charge in [-0.05, 0) is 45.6 Å². The number of halogens is 1. The Morgan fingerprint density at radius 1 is 1.19 bits per heavy atom. The zero-order valence-corrected chi connectivity index (χ0v) is 22.4. The molecule has 2 saturated heterocycles. The molecule has 198 valence electrons. The minimum Gasteiger partial charge on any atom is -0.381 e. The molecule has 3 N–H and O–H groups in total. The number of nitro groups is 1. The van der Waals surface area contributed by atoms with Gasteiger partial charge in [-0.3, -0.25) is 19.7 Å². The van der Waals surface area contributed by atoms with E-state index in [1.165, 1.54) is 6.07 Å². The van der Waals surface area contributed by atoms with Gasteiger partial charge in [0, 0.05) is 49.4 Å². The first kappa shape index (κ1) is 26.8. The molecule has 0 unspecified atom stereocenters. The number of carbonyl (C=O) groups excluding carboxylic acids is 2.